The van der Waals surface area contributed by atoms with Gasteiger partial charge in [0.1, 0.15) is 14.4 Å². The average molecular weight is 455 g/mol. The fourth-order valence-corrected chi connectivity index (χ4v) is 5.68. The molecule has 1 aromatic rings. The van der Waals surface area contributed by atoms with Gasteiger partial charge in [0.15, 0.2) is 6.04 Å². The number of aromatic nitrogens is 1. The molecular formula is C16H18BrF3N2O3S. The summed E-state index contributed by atoms with van der Waals surface area (Å²) in [7, 11) is -3.21. The molecule has 10 heteroatoms. The zero-order chi connectivity index (χ0) is 19.2. The third kappa shape index (κ3) is 3.76. The van der Waals surface area contributed by atoms with Crippen molar-refractivity contribution in [2.75, 3.05) is 18.1 Å². The lowest BCUT2D eigenvalue weighted by Crippen LogP contribution is -2.55. The Morgan fingerprint density at radius 3 is 2.38 bits per heavy atom. The molecule has 3 heterocycles. The number of pyridine rings is 1. The predicted octanol–water partition coefficient (Wildman–Crippen LogP) is 3.26. The molecule has 0 aromatic carbocycles. The van der Waals surface area contributed by atoms with Crippen molar-refractivity contribution in [2.24, 2.45) is 5.41 Å². The lowest BCUT2D eigenvalue weighted by Gasteiger charge is -2.46. The van der Waals surface area contributed by atoms with E-state index in [-0.39, 0.29) is 36.5 Å². The van der Waals surface area contributed by atoms with Crippen LogP contribution in [0.1, 0.15) is 37.3 Å². The number of carbonyl (C=O) groups is 1. The van der Waals surface area contributed by atoms with Crippen molar-refractivity contribution in [3.63, 3.8) is 0 Å². The number of amides is 1. The lowest BCUT2D eigenvalue weighted by molar-refractivity contribution is -0.200. The highest BCUT2D eigenvalue weighted by Crippen LogP contribution is 2.47. The second kappa shape index (κ2) is 6.78. The fourth-order valence-electron chi connectivity index (χ4n) is 3.83. The van der Waals surface area contributed by atoms with Crippen LogP contribution in [0.25, 0.3) is 0 Å². The van der Waals surface area contributed by atoms with Crippen molar-refractivity contribution in [3.05, 3.63) is 28.5 Å². The van der Waals surface area contributed by atoms with E-state index in [4.69, 9.17) is 0 Å². The van der Waals surface area contributed by atoms with Crippen LogP contribution in [0.15, 0.2) is 22.9 Å². The summed E-state index contributed by atoms with van der Waals surface area (Å²) in [6, 6.07) is 0.631. The minimum Gasteiger partial charge on any atom is -0.326 e. The maximum absolute atomic E-state index is 13.8. The molecule has 1 unspecified atom stereocenters. The summed E-state index contributed by atoms with van der Waals surface area (Å²) in [5, 5.41) is 0. The Balaban J connectivity index is 1.94. The van der Waals surface area contributed by atoms with Gasteiger partial charge in [-0.15, -0.1) is 0 Å². The van der Waals surface area contributed by atoms with E-state index in [1.54, 1.807) is 0 Å². The average Bonchev–Trinajstić information content (AvgIpc) is 2.55. The highest BCUT2D eigenvalue weighted by Gasteiger charge is 2.54. The molecule has 5 nitrogen and oxygen atoms in total. The van der Waals surface area contributed by atoms with Crippen LogP contribution in [0.5, 0.6) is 0 Å². The molecule has 1 spiro atoms. The summed E-state index contributed by atoms with van der Waals surface area (Å²) in [5.74, 6) is -0.893. The van der Waals surface area contributed by atoms with Gasteiger partial charge in [-0.25, -0.2) is 13.4 Å². The highest BCUT2D eigenvalue weighted by atomic mass is 79.9. The van der Waals surface area contributed by atoms with Crippen LogP contribution < -0.4 is 0 Å². The molecule has 1 atom stereocenters. The quantitative estimate of drug-likeness (QED) is 0.643. The number of rotatable bonds is 2. The number of hydrogen-bond donors (Lipinski definition) is 0. The topological polar surface area (TPSA) is 67.3 Å². The third-order valence-electron chi connectivity index (χ3n) is 5.24. The lowest BCUT2D eigenvalue weighted by atomic mass is 9.73. The maximum atomic E-state index is 13.8. The van der Waals surface area contributed by atoms with Gasteiger partial charge < -0.3 is 4.90 Å². The molecule has 0 radical (unpaired) electrons. The molecule has 0 N–H and O–H groups in total. The fraction of sp³-hybridized carbons (Fsp3) is 0.625. The Hall–Kier alpha value is -1.16. The van der Waals surface area contributed by atoms with Crippen molar-refractivity contribution >= 4 is 31.7 Å². The first-order chi connectivity index (χ1) is 12.0. The molecule has 0 saturated carbocycles. The first-order valence-corrected chi connectivity index (χ1v) is 10.9. The Bertz CT molecular complexity index is 782. The first-order valence-electron chi connectivity index (χ1n) is 8.24. The van der Waals surface area contributed by atoms with E-state index in [0.717, 1.165) is 11.1 Å². The van der Waals surface area contributed by atoms with Gasteiger partial charge in [-0.3, -0.25) is 4.79 Å². The first kappa shape index (κ1) is 19.6. The summed E-state index contributed by atoms with van der Waals surface area (Å²) in [5.41, 5.74) is -1.11. The highest BCUT2D eigenvalue weighted by molar-refractivity contribution is 9.10. The van der Waals surface area contributed by atoms with Crippen molar-refractivity contribution in [3.8, 4) is 0 Å². The van der Waals surface area contributed by atoms with E-state index in [9.17, 15) is 26.4 Å². The van der Waals surface area contributed by atoms with Crippen LogP contribution in [-0.4, -0.2) is 48.4 Å². The van der Waals surface area contributed by atoms with Gasteiger partial charge >= 0.3 is 6.18 Å². The Morgan fingerprint density at radius 2 is 1.85 bits per heavy atom. The number of hydrogen-bond acceptors (Lipinski definition) is 4. The number of alkyl halides is 3. The van der Waals surface area contributed by atoms with Gasteiger partial charge in [0.25, 0.3) is 0 Å². The number of nitrogens with zero attached hydrogens (tertiary/aromatic N) is 2. The largest absolute Gasteiger partial charge is 0.413 e. The van der Waals surface area contributed by atoms with Crippen molar-refractivity contribution in [1.82, 2.24) is 9.88 Å². The van der Waals surface area contributed by atoms with Crippen LogP contribution in [0.4, 0.5) is 13.2 Å². The molecule has 2 aliphatic rings. The zero-order valence-electron chi connectivity index (χ0n) is 13.8. The maximum Gasteiger partial charge on any atom is 0.413 e. The van der Waals surface area contributed by atoms with Crippen molar-refractivity contribution < 1.29 is 26.4 Å². The number of likely N-dealkylation sites (tertiary alicyclic amines) is 1. The van der Waals surface area contributed by atoms with Gasteiger partial charge in [-0.05, 0) is 47.7 Å². The number of sulfone groups is 1. The Labute approximate surface area is 158 Å². The van der Waals surface area contributed by atoms with E-state index >= 15 is 0 Å². The minimum atomic E-state index is -4.65. The molecule has 0 bridgehead atoms. The Kier molecular flexibility index (Phi) is 5.11. The van der Waals surface area contributed by atoms with E-state index < -0.39 is 33.4 Å². The number of carbonyl (C=O) groups excluding carboxylic acids is 1. The third-order valence-corrected chi connectivity index (χ3v) is 7.36. The summed E-state index contributed by atoms with van der Waals surface area (Å²) in [6.45, 7) is -0.00638. The van der Waals surface area contributed by atoms with E-state index in [0.29, 0.717) is 17.4 Å². The predicted molar refractivity (Wildman–Crippen MR) is 92.0 cm³/mol. The molecule has 2 aliphatic heterocycles. The van der Waals surface area contributed by atoms with Gasteiger partial charge in [0, 0.05) is 18.3 Å². The molecule has 3 rings (SSSR count). The molecule has 1 aromatic heterocycles. The van der Waals surface area contributed by atoms with E-state index in [2.05, 4.69) is 20.9 Å². The van der Waals surface area contributed by atoms with Crippen molar-refractivity contribution in [1.29, 1.82) is 0 Å². The zero-order valence-corrected chi connectivity index (χ0v) is 16.2. The molecule has 26 heavy (non-hydrogen) atoms. The van der Waals surface area contributed by atoms with Crippen LogP contribution in [0, 0.1) is 5.41 Å². The summed E-state index contributed by atoms with van der Waals surface area (Å²) in [4.78, 5) is 17.8. The number of halogens is 4. The second-order valence-corrected chi connectivity index (χ2v) is 10.0. The monoisotopic (exact) mass is 454 g/mol. The summed E-state index contributed by atoms with van der Waals surface area (Å²) in [6.07, 6.45) is -2.50. The molecule has 0 aliphatic carbocycles. The van der Waals surface area contributed by atoms with E-state index in [1.165, 1.54) is 12.1 Å². The smallest absolute Gasteiger partial charge is 0.326 e. The second-order valence-electron chi connectivity index (χ2n) is 6.89. The van der Waals surface area contributed by atoms with Crippen LogP contribution >= 0.6 is 15.9 Å². The number of piperidine rings is 1. The van der Waals surface area contributed by atoms with Crippen LogP contribution in [0.3, 0.4) is 0 Å². The summed E-state index contributed by atoms with van der Waals surface area (Å²) >= 11 is 3.09. The van der Waals surface area contributed by atoms with Crippen LogP contribution in [-0.2, 0) is 14.6 Å². The van der Waals surface area contributed by atoms with Crippen LogP contribution in [0.2, 0.25) is 0 Å². The van der Waals surface area contributed by atoms with Gasteiger partial charge in [-0.2, -0.15) is 13.2 Å². The molecular weight excluding hydrogens is 437 g/mol. The van der Waals surface area contributed by atoms with Gasteiger partial charge in [-0.1, -0.05) is 6.07 Å². The van der Waals surface area contributed by atoms with E-state index in [1.807, 2.05) is 0 Å². The molecule has 1 amide bonds. The summed E-state index contributed by atoms with van der Waals surface area (Å²) < 4.78 is 65.2. The normalized spacial score (nSPS) is 23.8. The van der Waals surface area contributed by atoms with Gasteiger partial charge in [0.05, 0.1) is 16.9 Å². The van der Waals surface area contributed by atoms with Crippen molar-refractivity contribution in [2.45, 2.75) is 37.9 Å². The van der Waals surface area contributed by atoms with Gasteiger partial charge in [0.2, 0.25) is 5.91 Å². The standard InChI is InChI=1S/C16H18BrF3N2O3S/c17-12-3-2-11(10-21-12)13(16(18,19)20)22-7-1-4-15(14(22)23)5-8-26(24,25)9-6-15/h2-3,10,13H,1,4-9H2. The molecule has 2 saturated heterocycles. The molecule has 144 valence electrons. The minimum absolute atomic E-state index is 0.00638. The Morgan fingerprint density at radius 1 is 1.19 bits per heavy atom. The molecule has 2 fully saturated rings. The SMILES string of the molecule is O=C1N(C(c2ccc(Br)nc2)C(F)(F)F)CCCC12CCS(=O)(=O)CC2.